The first kappa shape index (κ1) is 17.9. The monoisotopic (exact) mass is 358 g/mol. The molecule has 4 nitrogen and oxygen atoms in total. The van der Waals surface area contributed by atoms with Crippen molar-refractivity contribution >= 4 is 23.2 Å². The maximum Gasteiger partial charge on any atom is 0.246 e. The number of para-hydroxylation sites is 1. The summed E-state index contributed by atoms with van der Waals surface area (Å²) >= 11 is 6.02. The molecule has 25 heavy (non-hydrogen) atoms. The van der Waals surface area contributed by atoms with E-state index in [0.717, 1.165) is 35.5 Å². The summed E-state index contributed by atoms with van der Waals surface area (Å²) < 4.78 is 5.45. The molecular formula is C20H23ClN2O2. The molecule has 1 amide bonds. The largest absolute Gasteiger partial charge is 0.379 e. The molecule has 0 spiro atoms. The van der Waals surface area contributed by atoms with Gasteiger partial charge in [0.05, 0.1) is 13.2 Å². The summed E-state index contributed by atoms with van der Waals surface area (Å²) in [4.78, 5) is 15.3. The number of hydrogen-bond acceptors (Lipinski definition) is 3. The summed E-state index contributed by atoms with van der Waals surface area (Å²) in [6.07, 6.45) is 0. The third-order valence-electron chi connectivity index (χ3n) is 4.57. The maximum atomic E-state index is 13.2. The van der Waals surface area contributed by atoms with E-state index in [4.69, 9.17) is 16.3 Å². The van der Waals surface area contributed by atoms with Crippen LogP contribution in [0.3, 0.4) is 0 Å². The Balaban J connectivity index is 1.90. The first-order valence-corrected chi connectivity index (χ1v) is 8.88. The topological polar surface area (TPSA) is 41.6 Å². The van der Waals surface area contributed by atoms with Crippen LogP contribution in [0.5, 0.6) is 0 Å². The standard InChI is InChI=1S/C20H23ClN2O2/c1-14-4-3-5-15(2)18(14)22-20(24)19(23-10-12-25-13-11-23)16-6-8-17(21)9-7-16/h3-9,19H,10-13H2,1-2H3,(H,22,24)/t19-/m0/s1. The Bertz CT molecular complexity index is 720. The van der Waals surface area contributed by atoms with Crippen molar-refractivity contribution in [3.8, 4) is 0 Å². The number of anilines is 1. The van der Waals surface area contributed by atoms with E-state index in [9.17, 15) is 4.79 Å². The first-order valence-electron chi connectivity index (χ1n) is 8.50. The average molecular weight is 359 g/mol. The van der Waals surface area contributed by atoms with Crippen LogP contribution >= 0.6 is 11.6 Å². The Morgan fingerprint density at radius 2 is 1.68 bits per heavy atom. The highest BCUT2D eigenvalue weighted by Gasteiger charge is 2.29. The van der Waals surface area contributed by atoms with Crippen LogP contribution < -0.4 is 5.32 Å². The summed E-state index contributed by atoms with van der Waals surface area (Å²) in [6, 6.07) is 13.2. The molecule has 0 aliphatic carbocycles. The summed E-state index contributed by atoms with van der Waals surface area (Å²) in [6.45, 7) is 6.76. The lowest BCUT2D eigenvalue weighted by Gasteiger charge is -2.34. The molecule has 0 unspecified atom stereocenters. The van der Waals surface area contributed by atoms with Gasteiger partial charge >= 0.3 is 0 Å². The molecule has 0 aromatic heterocycles. The summed E-state index contributed by atoms with van der Waals surface area (Å²) in [5, 5.41) is 3.80. The normalized spacial score (nSPS) is 16.4. The number of rotatable bonds is 4. The van der Waals surface area contributed by atoms with Gasteiger partial charge in [-0.2, -0.15) is 0 Å². The fourth-order valence-electron chi connectivity index (χ4n) is 3.21. The molecule has 3 rings (SSSR count). The Morgan fingerprint density at radius 1 is 1.08 bits per heavy atom. The number of benzene rings is 2. The molecular weight excluding hydrogens is 336 g/mol. The van der Waals surface area contributed by atoms with Crippen LogP contribution in [0.1, 0.15) is 22.7 Å². The van der Waals surface area contributed by atoms with Gasteiger partial charge in [-0.1, -0.05) is 41.9 Å². The second-order valence-electron chi connectivity index (χ2n) is 6.36. The number of nitrogens with one attached hydrogen (secondary N) is 1. The van der Waals surface area contributed by atoms with Gasteiger partial charge in [-0.25, -0.2) is 0 Å². The summed E-state index contributed by atoms with van der Waals surface area (Å²) in [5.41, 5.74) is 3.95. The van der Waals surface area contributed by atoms with Crippen molar-refractivity contribution in [1.29, 1.82) is 0 Å². The van der Waals surface area contributed by atoms with Gasteiger partial charge in [-0.15, -0.1) is 0 Å². The average Bonchev–Trinajstić information content (AvgIpc) is 2.61. The molecule has 2 aromatic rings. The van der Waals surface area contributed by atoms with E-state index in [0.29, 0.717) is 18.2 Å². The van der Waals surface area contributed by atoms with Crippen molar-refractivity contribution in [3.05, 3.63) is 64.2 Å². The zero-order chi connectivity index (χ0) is 17.8. The Labute approximate surface area is 153 Å². The van der Waals surface area contributed by atoms with E-state index < -0.39 is 0 Å². The van der Waals surface area contributed by atoms with Gasteiger partial charge in [-0.3, -0.25) is 9.69 Å². The van der Waals surface area contributed by atoms with Crippen molar-refractivity contribution < 1.29 is 9.53 Å². The van der Waals surface area contributed by atoms with Gasteiger partial charge < -0.3 is 10.1 Å². The zero-order valence-corrected chi connectivity index (χ0v) is 15.3. The van der Waals surface area contributed by atoms with Crippen LogP contribution in [0.15, 0.2) is 42.5 Å². The van der Waals surface area contributed by atoms with E-state index >= 15 is 0 Å². The predicted octanol–water partition coefficient (Wildman–Crippen LogP) is 3.97. The number of carbonyl (C=O) groups excluding carboxylic acids is 1. The SMILES string of the molecule is Cc1cccc(C)c1NC(=O)[C@H](c1ccc(Cl)cc1)N1CCOCC1. The van der Waals surface area contributed by atoms with E-state index in [-0.39, 0.29) is 11.9 Å². The number of nitrogens with zero attached hydrogens (tertiary/aromatic N) is 1. The fourth-order valence-corrected chi connectivity index (χ4v) is 3.34. The number of aryl methyl sites for hydroxylation is 2. The molecule has 1 heterocycles. The van der Waals surface area contributed by atoms with Gasteiger partial charge in [0.2, 0.25) is 5.91 Å². The molecule has 1 aliphatic rings. The number of halogens is 1. The van der Waals surface area contributed by atoms with Crippen LogP contribution in [0, 0.1) is 13.8 Å². The molecule has 1 atom stereocenters. The lowest BCUT2D eigenvalue weighted by Crippen LogP contribution is -2.44. The third kappa shape index (κ3) is 4.21. The number of ether oxygens (including phenoxy) is 1. The molecule has 0 saturated carbocycles. The van der Waals surface area contributed by atoms with Crippen molar-refractivity contribution in [2.24, 2.45) is 0 Å². The molecule has 1 fully saturated rings. The van der Waals surface area contributed by atoms with Gasteiger partial charge in [0.1, 0.15) is 6.04 Å². The van der Waals surface area contributed by atoms with Gasteiger partial charge in [0.15, 0.2) is 0 Å². The van der Waals surface area contributed by atoms with E-state index in [2.05, 4.69) is 10.2 Å². The minimum atomic E-state index is -0.361. The second-order valence-corrected chi connectivity index (χ2v) is 6.79. The highest BCUT2D eigenvalue weighted by Crippen LogP contribution is 2.27. The lowest BCUT2D eigenvalue weighted by molar-refractivity contribution is -0.123. The molecule has 1 aliphatic heterocycles. The van der Waals surface area contributed by atoms with Crippen molar-refractivity contribution in [3.63, 3.8) is 0 Å². The smallest absolute Gasteiger partial charge is 0.246 e. The highest BCUT2D eigenvalue weighted by molar-refractivity contribution is 6.30. The van der Waals surface area contributed by atoms with Crippen LogP contribution in [0.4, 0.5) is 5.69 Å². The van der Waals surface area contributed by atoms with Crippen molar-refractivity contribution in [2.75, 3.05) is 31.6 Å². The lowest BCUT2D eigenvalue weighted by atomic mass is 10.0. The number of morpholine rings is 1. The predicted molar refractivity (Wildman–Crippen MR) is 101 cm³/mol. The van der Waals surface area contributed by atoms with E-state index in [1.165, 1.54) is 0 Å². The van der Waals surface area contributed by atoms with Crippen LogP contribution in [0.2, 0.25) is 5.02 Å². The van der Waals surface area contributed by atoms with Gasteiger partial charge in [-0.05, 0) is 42.7 Å². The van der Waals surface area contributed by atoms with Crippen LogP contribution in [-0.4, -0.2) is 37.1 Å². The third-order valence-corrected chi connectivity index (χ3v) is 4.83. The summed E-state index contributed by atoms with van der Waals surface area (Å²) in [7, 11) is 0. The number of hydrogen-bond donors (Lipinski definition) is 1. The quantitative estimate of drug-likeness (QED) is 0.899. The second kappa shape index (κ2) is 8.00. The Hall–Kier alpha value is -1.88. The van der Waals surface area contributed by atoms with Crippen LogP contribution in [-0.2, 0) is 9.53 Å². The van der Waals surface area contributed by atoms with Gasteiger partial charge in [0.25, 0.3) is 0 Å². The molecule has 0 radical (unpaired) electrons. The van der Waals surface area contributed by atoms with E-state index in [1.54, 1.807) is 0 Å². The number of amides is 1. The molecule has 0 bridgehead atoms. The van der Waals surface area contributed by atoms with Crippen molar-refractivity contribution in [2.45, 2.75) is 19.9 Å². The minimum Gasteiger partial charge on any atom is -0.379 e. The highest BCUT2D eigenvalue weighted by atomic mass is 35.5. The van der Waals surface area contributed by atoms with Crippen molar-refractivity contribution in [1.82, 2.24) is 4.90 Å². The first-order chi connectivity index (χ1) is 12.1. The Morgan fingerprint density at radius 3 is 2.28 bits per heavy atom. The number of carbonyl (C=O) groups is 1. The zero-order valence-electron chi connectivity index (χ0n) is 14.6. The minimum absolute atomic E-state index is 0.0263. The summed E-state index contributed by atoms with van der Waals surface area (Å²) in [5.74, 6) is -0.0263. The molecule has 5 heteroatoms. The van der Waals surface area contributed by atoms with Crippen LogP contribution in [0.25, 0.3) is 0 Å². The molecule has 2 aromatic carbocycles. The Kier molecular flexibility index (Phi) is 5.74. The maximum absolute atomic E-state index is 13.2. The molecule has 132 valence electrons. The van der Waals surface area contributed by atoms with E-state index in [1.807, 2.05) is 56.3 Å². The fraction of sp³-hybridized carbons (Fsp3) is 0.350. The van der Waals surface area contributed by atoms with Gasteiger partial charge in [0, 0.05) is 23.8 Å². The molecule has 1 saturated heterocycles. The molecule has 1 N–H and O–H groups in total.